The van der Waals surface area contributed by atoms with Crippen LogP contribution in [0.3, 0.4) is 0 Å². The topological polar surface area (TPSA) is 98.2 Å². The first-order valence-corrected chi connectivity index (χ1v) is 7.37. The Labute approximate surface area is 115 Å². The van der Waals surface area contributed by atoms with E-state index in [4.69, 9.17) is 10.9 Å². The predicted octanol–water partition coefficient (Wildman–Crippen LogP) is 2.06. The molecule has 0 bridgehead atoms. The Bertz CT molecular complexity index is 559. The van der Waals surface area contributed by atoms with E-state index in [0.29, 0.717) is 18.7 Å². The number of unbranched alkanes of at least 4 members (excludes halogenated alkanes) is 1. The van der Waals surface area contributed by atoms with Gasteiger partial charge in [0.1, 0.15) is 0 Å². The Kier molecular flexibility index (Phi) is 5.23. The molecule has 1 rings (SSSR count). The van der Waals surface area contributed by atoms with Gasteiger partial charge in [-0.1, -0.05) is 0 Å². The van der Waals surface area contributed by atoms with Crippen LogP contribution in [0.25, 0.3) is 0 Å². The highest BCUT2D eigenvalue weighted by Gasteiger charge is 2.25. The fourth-order valence-electron chi connectivity index (χ4n) is 1.55. The molecule has 20 heavy (non-hydrogen) atoms. The van der Waals surface area contributed by atoms with Crippen molar-refractivity contribution in [2.24, 2.45) is 5.14 Å². The summed E-state index contributed by atoms with van der Waals surface area (Å²) in [7, 11) is -3.82. The number of nitrogens with two attached hydrogens (primary N) is 2. The number of rotatable bonds is 6. The van der Waals surface area contributed by atoms with Gasteiger partial charge in [0.25, 0.3) is 0 Å². The van der Waals surface area contributed by atoms with E-state index in [2.05, 4.69) is 5.32 Å². The molecule has 0 saturated heterocycles. The minimum atomic E-state index is -4.14. The highest BCUT2D eigenvalue weighted by atomic mass is 32.2. The van der Waals surface area contributed by atoms with Crippen LogP contribution in [-0.4, -0.2) is 21.1 Å². The molecule has 0 atom stereocenters. The number of sulfonamides is 1. The number of nitrogens with one attached hydrogen (secondary N) is 1. The van der Waals surface area contributed by atoms with Crippen LogP contribution in [0, 0.1) is 0 Å². The molecule has 0 spiro atoms. The Morgan fingerprint density at radius 2 is 1.85 bits per heavy atom. The number of nitrogen functional groups attached to an aromatic ring is 1. The molecule has 1 aromatic carbocycles. The highest BCUT2D eigenvalue weighted by molar-refractivity contribution is 7.89. The maximum atomic E-state index is 11.9. The molecule has 9 heteroatoms. The fourth-order valence-corrected chi connectivity index (χ4v) is 2.10. The van der Waals surface area contributed by atoms with Crippen LogP contribution in [0.15, 0.2) is 23.1 Å². The summed E-state index contributed by atoms with van der Waals surface area (Å²) in [4.78, 5) is -0.113. The number of primary sulfonamides is 1. The van der Waals surface area contributed by atoms with Crippen LogP contribution in [0.4, 0.5) is 24.5 Å². The standard InChI is InChI=1S/C11H16F3N3O2S/c12-11(13,14)5-1-2-6-17-10-4-3-8(7-9(10)15)20(16,18)19/h3-4,7,17H,1-2,5-6,15H2,(H2,16,18,19). The summed E-state index contributed by atoms with van der Waals surface area (Å²) in [5, 5.41) is 7.80. The van der Waals surface area contributed by atoms with Crippen molar-refractivity contribution in [3.8, 4) is 0 Å². The van der Waals surface area contributed by atoms with Gasteiger partial charge >= 0.3 is 6.18 Å². The second-order valence-electron chi connectivity index (χ2n) is 4.29. The Balaban J connectivity index is 2.50. The zero-order chi connectivity index (χ0) is 15.4. The zero-order valence-corrected chi connectivity index (χ0v) is 11.4. The lowest BCUT2D eigenvalue weighted by Gasteiger charge is -2.11. The third-order valence-electron chi connectivity index (χ3n) is 2.55. The number of anilines is 2. The fraction of sp³-hybridized carbons (Fsp3) is 0.455. The van der Waals surface area contributed by atoms with Gasteiger partial charge in [-0.15, -0.1) is 0 Å². The average molecular weight is 311 g/mol. The zero-order valence-electron chi connectivity index (χ0n) is 10.6. The first kappa shape index (κ1) is 16.6. The van der Waals surface area contributed by atoms with E-state index in [9.17, 15) is 21.6 Å². The smallest absolute Gasteiger partial charge is 0.389 e. The van der Waals surface area contributed by atoms with Crippen LogP contribution in [0.5, 0.6) is 0 Å². The lowest BCUT2D eigenvalue weighted by Crippen LogP contribution is -2.13. The van der Waals surface area contributed by atoms with Gasteiger partial charge in [-0.25, -0.2) is 13.6 Å². The molecule has 0 aliphatic rings. The van der Waals surface area contributed by atoms with Gasteiger partial charge in [0.2, 0.25) is 10.0 Å². The van der Waals surface area contributed by atoms with Crippen molar-refractivity contribution in [3.63, 3.8) is 0 Å². The molecule has 5 N–H and O–H groups in total. The molecule has 0 aliphatic heterocycles. The van der Waals surface area contributed by atoms with Crippen molar-refractivity contribution in [2.75, 3.05) is 17.6 Å². The van der Waals surface area contributed by atoms with Gasteiger partial charge in [-0.3, -0.25) is 0 Å². The van der Waals surface area contributed by atoms with E-state index in [1.54, 1.807) is 0 Å². The first-order valence-electron chi connectivity index (χ1n) is 5.82. The van der Waals surface area contributed by atoms with Crippen molar-refractivity contribution in [2.45, 2.75) is 30.3 Å². The molecule has 114 valence electrons. The van der Waals surface area contributed by atoms with Gasteiger partial charge in [-0.05, 0) is 31.0 Å². The maximum absolute atomic E-state index is 11.9. The van der Waals surface area contributed by atoms with Gasteiger partial charge in [0, 0.05) is 13.0 Å². The predicted molar refractivity (Wildman–Crippen MR) is 70.6 cm³/mol. The van der Waals surface area contributed by atoms with E-state index < -0.39 is 22.6 Å². The van der Waals surface area contributed by atoms with E-state index in [1.807, 2.05) is 0 Å². The van der Waals surface area contributed by atoms with Crippen LogP contribution in [0.2, 0.25) is 0 Å². The molecular weight excluding hydrogens is 295 g/mol. The molecule has 0 unspecified atom stereocenters. The molecular formula is C11H16F3N3O2S. The van der Waals surface area contributed by atoms with Crippen molar-refractivity contribution >= 4 is 21.4 Å². The highest BCUT2D eigenvalue weighted by Crippen LogP contribution is 2.24. The molecule has 5 nitrogen and oxygen atoms in total. The minimum Gasteiger partial charge on any atom is -0.397 e. The number of benzene rings is 1. The van der Waals surface area contributed by atoms with Gasteiger partial charge in [-0.2, -0.15) is 13.2 Å². The average Bonchev–Trinajstić information content (AvgIpc) is 2.27. The van der Waals surface area contributed by atoms with E-state index >= 15 is 0 Å². The van der Waals surface area contributed by atoms with Crippen molar-refractivity contribution < 1.29 is 21.6 Å². The summed E-state index contributed by atoms with van der Waals surface area (Å²) < 4.78 is 57.9. The summed E-state index contributed by atoms with van der Waals surface area (Å²) in [5.74, 6) is 0. The Hall–Kier alpha value is -1.48. The normalized spacial score (nSPS) is 12.4. The molecule has 0 fully saturated rings. The molecule has 0 amide bonds. The summed E-state index contributed by atoms with van der Waals surface area (Å²) in [6.07, 6.45) is -4.62. The number of hydrogen-bond acceptors (Lipinski definition) is 4. The summed E-state index contributed by atoms with van der Waals surface area (Å²) in [6, 6.07) is 3.91. The van der Waals surface area contributed by atoms with E-state index in [-0.39, 0.29) is 17.0 Å². The van der Waals surface area contributed by atoms with Crippen molar-refractivity contribution in [1.82, 2.24) is 0 Å². The Morgan fingerprint density at radius 1 is 1.20 bits per heavy atom. The summed E-state index contributed by atoms with van der Waals surface area (Å²) in [5.41, 5.74) is 6.28. The summed E-state index contributed by atoms with van der Waals surface area (Å²) >= 11 is 0. The van der Waals surface area contributed by atoms with Gasteiger partial charge < -0.3 is 11.1 Å². The van der Waals surface area contributed by atoms with Crippen molar-refractivity contribution in [3.05, 3.63) is 18.2 Å². The SMILES string of the molecule is Nc1cc(S(N)(=O)=O)ccc1NCCCCC(F)(F)F. The van der Waals surface area contributed by atoms with Crippen LogP contribution < -0.4 is 16.2 Å². The molecule has 0 aliphatic carbocycles. The third kappa shape index (κ3) is 5.66. The number of halogens is 3. The largest absolute Gasteiger partial charge is 0.397 e. The first-order chi connectivity index (χ1) is 9.09. The van der Waals surface area contributed by atoms with Gasteiger partial charge in [0.15, 0.2) is 0 Å². The van der Waals surface area contributed by atoms with Crippen molar-refractivity contribution in [1.29, 1.82) is 0 Å². The molecule has 0 radical (unpaired) electrons. The quantitative estimate of drug-likeness (QED) is 0.553. The lowest BCUT2D eigenvalue weighted by molar-refractivity contribution is -0.135. The summed E-state index contributed by atoms with van der Waals surface area (Å²) in [6.45, 7) is 0.314. The van der Waals surface area contributed by atoms with Crippen LogP contribution in [-0.2, 0) is 10.0 Å². The van der Waals surface area contributed by atoms with Crippen LogP contribution in [0.1, 0.15) is 19.3 Å². The monoisotopic (exact) mass is 311 g/mol. The second kappa shape index (κ2) is 6.31. The van der Waals surface area contributed by atoms with Gasteiger partial charge in [0.05, 0.1) is 16.3 Å². The molecule has 0 aromatic heterocycles. The second-order valence-corrected chi connectivity index (χ2v) is 5.85. The van der Waals surface area contributed by atoms with E-state index in [0.717, 1.165) is 0 Å². The molecule has 0 heterocycles. The third-order valence-corrected chi connectivity index (χ3v) is 3.47. The Morgan fingerprint density at radius 3 is 2.35 bits per heavy atom. The molecule has 1 aromatic rings. The van der Waals surface area contributed by atoms with E-state index in [1.165, 1.54) is 18.2 Å². The maximum Gasteiger partial charge on any atom is 0.389 e. The lowest BCUT2D eigenvalue weighted by atomic mass is 10.2. The molecule has 0 saturated carbocycles. The minimum absolute atomic E-state index is 0.0195. The number of alkyl halides is 3. The number of hydrogen-bond donors (Lipinski definition) is 3. The van der Waals surface area contributed by atoms with Crippen LogP contribution >= 0.6 is 0 Å².